The third kappa shape index (κ3) is 5.73. The summed E-state index contributed by atoms with van der Waals surface area (Å²) in [4.78, 5) is 34.4. The van der Waals surface area contributed by atoms with E-state index in [-0.39, 0.29) is 23.9 Å². The zero-order valence-corrected chi connectivity index (χ0v) is 13.0. The van der Waals surface area contributed by atoms with Gasteiger partial charge in [0.2, 0.25) is 11.8 Å². The SMILES string of the molecule is O=C(CCC1CCCC1)NCC(=O)Nc1cccc(C(=O)O)c1. The number of hydrogen-bond acceptors (Lipinski definition) is 3. The smallest absolute Gasteiger partial charge is 0.335 e. The van der Waals surface area contributed by atoms with Crippen molar-refractivity contribution in [1.82, 2.24) is 5.32 Å². The first-order valence-electron chi connectivity index (χ1n) is 7.94. The zero-order valence-electron chi connectivity index (χ0n) is 13.0. The van der Waals surface area contributed by atoms with Gasteiger partial charge < -0.3 is 15.7 Å². The molecule has 0 bridgehead atoms. The molecule has 0 unspecified atom stereocenters. The molecule has 0 atom stereocenters. The van der Waals surface area contributed by atoms with E-state index in [0.29, 0.717) is 18.0 Å². The monoisotopic (exact) mass is 318 g/mol. The maximum Gasteiger partial charge on any atom is 0.335 e. The van der Waals surface area contributed by atoms with Gasteiger partial charge in [-0.3, -0.25) is 9.59 Å². The Balaban J connectivity index is 1.70. The Morgan fingerprint density at radius 2 is 1.87 bits per heavy atom. The lowest BCUT2D eigenvalue weighted by Gasteiger charge is -2.09. The number of amides is 2. The number of carbonyl (C=O) groups excluding carboxylic acids is 2. The standard InChI is InChI=1S/C17H22N2O4/c20-15(9-8-12-4-1-2-5-12)18-11-16(21)19-14-7-3-6-13(10-14)17(22)23/h3,6-7,10,12H,1-2,4-5,8-9,11H2,(H,18,20)(H,19,21)(H,22,23). The third-order valence-electron chi connectivity index (χ3n) is 4.09. The summed E-state index contributed by atoms with van der Waals surface area (Å²) in [5.41, 5.74) is 0.499. The van der Waals surface area contributed by atoms with Crippen LogP contribution in [0.3, 0.4) is 0 Å². The summed E-state index contributed by atoms with van der Waals surface area (Å²) in [6, 6.07) is 5.98. The lowest BCUT2D eigenvalue weighted by Crippen LogP contribution is -2.32. The van der Waals surface area contributed by atoms with Crippen LogP contribution in [-0.4, -0.2) is 29.4 Å². The van der Waals surface area contributed by atoms with Gasteiger partial charge in [-0.05, 0) is 30.5 Å². The number of hydrogen-bond donors (Lipinski definition) is 3. The molecule has 2 amide bonds. The molecule has 124 valence electrons. The van der Waals surface area contributed by atoms with Crippen LogP contribution in [0.25, 0.3) is 0 Å². The van der Waals surface area contributed by atoms with Crippen molar-refractivity contribution in [2.45, 2.75) is 38.5 Å². The average Bonchev–Trinajstić information content (AvgIpc) is 3.04. The van der Waals surface area contributed by atoms with Crippen LogP contribution in [0.15, 0.2) is 24.3 Å². The van der Waals surface area contributed by atoms with Crippen molar-refractivity contribution in [2.75, 3.05) is 11.9 Å². The highest BCUT2D eigenvalue weighted by atomic mass is 16.4. The highest BCUT2D eigenvalue weighted by molar-refractivity contribution is 5.96. The molecule has 2 rings (SSSR count). The Kier molecular flexibility index (Phi) is 6.14. The number of anilines is 1. The molecular weight excluding hydrogens is 296 g/mol. The second kappa shape index (κ2) is 8.31. The molecule has 0 aromatic heterocycles. The summed E-state index contributed by atoms with van der Waals surface area (Å²) >= 11 is 0. The van der Waals surface area contributed by atoms with E-state index < -0.39 is 5.97 Å². The van der Waals surface area contributed by atoms with Crippen molar-refractivity contribution in [1.29, 1.82) is 0 Å². The normalized spacial score (nSPS) is 14.4. The van der Waals surface area contributed by atoms with Crippen LogP contribution in [-0.2, 0) is 9.59 Å². The van der Waals surface area contributed by atoms with Crippen molar-refractivity contribution in [3.63, 3.8) is 0 Å². The summed E-state index contributed by atoms with van der Waals surface area (Å²) < 4.78 is 0. The lowest BCUT2D eigenvalue weighted by molar-refractivity contribution is -0.124. The van der Waals surface area contributed by atoms with Crippen LogP contribution < -0.4 is 10.6 Å². The molecule has 1 aliphatic rings. The van der Waals surface area contributed by atoms with Crippen molar-refractivity contribution in [3.05, 3.63) is 29.8 Å². The van der Waals surface area contributed by atoms with Crippen LogP contribution in [0.4, 0.5) is 5.69 Å². The zero-order chi connectivity index (χ0) is 16.7. The highest BCUT2D eigenvalue weighted by Gasteiger charge is 2.16. The molecule has 1 aromatic carbocycles. The Bertz CT molecular complexity index is 580. The minimum absolute atomic E-state index is 0.100. The minimum Gasteiger partial charge on any atom is -0.478 e. The quantitative estimate of drug-likeness (QED) is 0.719. The van der Waals surface area contributed by atoms with Crippen LogP contribution in [0.5, 0.6) is 0 Å². The number of carboxylic acids is 1. The van der Waals surface area contributed by atoms with Gasteiger partial charge in [0.25, 0.3) is 0 Å². The Morgan fingerprint density at radius 1 is 1.13 bits per heavy atom. The van der Waals surface area contributed by atoms with Crippen molar-refractivity contribution >= 4 is 23.5 Å². The minimum atomic E-state index is -1.05. The summed E-state index contributed by atoms with van der Waals surface area (Å²) in [5, 5.41) is 14.1. The highest BCUT2D eigenvalue weighted by Crippen LogP contribution is 2.28. The number of nitrogens with one attached hydrogen (secondary N) is 2. The molecule has 1 aliphatic carbocycles. The second-order valence-electron chi connectivity index (χ2n) is 5.90. The predicted molar refractivity (Wildman–Crippen MR) is 86.2 cm³/mol. The van der Waals surface area contributed by atoms with Crippen LogP contribution in [0, 0.1) is 5.92 Å². The molecule has 1 fully saturated rings. The van der Waals surface area contributed by atoms with Gasteiger partial charge in [0.1, 0.15) is 0 Å². The average molecular weight is 318 g/mol. The van der Waals surface area contributed by atoms with Gasteiger partial charge in [0.05, 0.1) is 12.1 Å². The summed E-state index contributed by atoms with van der Waals surface area (Å²) in [5.74, 6) is -0.900. The van der Waals surface area contributed by atoms with E-state index in [0.717, 1.165) is 6.42 Å². The van der Waals surface area contributed by atoms with E-state index >= 15 is 0 Å². The molecular formula is C17H22N2O4. The molecule has 6 heteroatoms. The number of aromatic carboxylic acids is 1. The fourth-order valence-electron chi connectivity index (χ4n) is 2.84. The molecule has 0 radical (unpaired) electrons. The van der Waals surface area contributed by atoms with Gasteiger partial charge in [-0.1, -0.05) is 31.7 Å². The summed E-state index contributed by atoms with van der Waals surface area (Å²) in [7, 11) is 0. The third-order valence-corrected chi connectivity index (χ3v) is 4.09. The summed E-state index contributed by atoms with van der Waals surface area (Å²) in [6.45, 7) is -0.110. The van der Waals surface area contributed by atoms with Gasteiger partial charge in [0, 0.05) is 12.1 Å². The van der Waals surface area contributed by atoms with Crippen molar-refractivity contribution in [3.8, 4) is 0 Å². The Labute approximate surface area is 135 Å². The summed E-state index contributed by atoms with van der Waals surface area (Å²) in [6.07, 6.45) is 6.25. The molecule has 1 saturated carbocycles. The van der Waals surface area contributed by atoms with Gasteiger partial charge in [-0.25, -0.2) is 4.79 Å². The van der Waals surface area contributed by atoms with Crippen LogP contribution in [0.2, 0.25) is 0 Å². The molecule has 6 nitrogen and oxygen atoms in total. The van der Waals surface area contributed by atoms with Gasteiger partial charge in [0.15, 0.2) is 0 Å². The van der Waals surface area contributed by atoms with Gasteiger partial charge in [-0.2, -0.15) is 0 Å². The van der Waals surface area contributed by atoms with E-state index in [4.69, 9.17) is 5.11 Å². The van der Waals surface area contributed by atoms with E-state index in [1.54, 1.807) is 12.1 Å². The fraction of sp³-hybridized carbons (Fsp3) is 0.471. The van der Waals surface area contributed by atoms with Crippen molar-refractivity contribution in [2.24, 2.45) is 5.92 Å². The number of carboxylic acid groups (broad SMARTS) is 1. The molecule has 0 heterocycles. The van der Waals surface area contributed by atoms with E-state index in [1.807, 2.05) is 0 Å². The predicted octanol–water partition coefficient (Wildman–Crippen LogP) is 2.41. The molecule has 0 saturated heterocycles. The lowest BCUT2D eigenvalue weighted by atomic mass is 10.0. The fourth-order valence-corrected chi connectivity index (χ4v) is 2.84. The maximum atomic E-state index is 11.8. The molecule has 0 aliphatic heterocycles. The Hall–Kier alpha value is -2.37. The van der Waals surface area contributed by atoms with E-state index in [1.165, 1.54) is 37.8 Å². The first-order chi connectivity index (χ1) is 11.0. The number of carbonyl (C=O) groups is 3. The van der Waals surface area contributed by atoms with Gasteiger partial charge >= 0.3 is 5.97 Å². The Morgan fingerprint density at radius 3 is 2.57 bits per heavy atom. The molecule has 23 heavy (non-hydrogen) atoms. The molecule has 0 spiro atoms. The number of rotatable bonds is 7. The first kappa shape index (κ1) is 17.0. The van der Waals surface area contributed by atoms with Crippen molar-refractivity contribution < 1.29 is 19.5 Å². The van der Waals surface area contributed by atoms with E-state index in [9.17, 15) is 14.4 Å². The largest absolute Gasteiger partial charge is 0.478 e. The number of benzene rings is 1. The maximum absolute atomic E-state index is 11.8. The molecule has 3 N–H and O–H groups in total. The first-order valence-corrected chi connectivity index (χ1v) is 7.94. The van der Waals surface area contributed by atoms with E-state index in [2.05, 4.69) is 10.6 Å². The van der Waals surface area contributed by atoms with Gasteiger partial charge in [-0.15, -0.1) is 0 Å². The molecule has 1 aromatic rings. The van der Waals surface area contributed by atoms with Crippen LogP contribution in [0.1, 0.15) is 48.9 Å². The topological polar surface area (TPSA) is 95.5 Å². The van der Waals surface area contributed by atoms with Crippen LogP contribution >= 0.6 is 0 Å². The second-order valence-corrected chi connectivity index (χ2v) is 5.90.